The summed E-state index contributed by atoms with van der Waals surface area (Å²) in [6.07, 6.45) is 3.51. The number of hydrogen-bond donors (Lipinski definition) is 2. The maximum Gasteiger partial charge on any atom is 0.0850 e. The number of hydrogen-bond acceptors (Lipinski definition) is 5. The minimum absolute atomic E-state index is 0.0578. The van der Waals surface area contributed by atoms with Crippen LogP contribution in [0, 0.1) is 0 Å². The van der Waals surface area contributed by atoms with E-state index in [2.05, 4.69) is 38.1 Å². The summed E-state index contributed by atoms with van der Waals surface area (Å²) in [7, 11) is 2.03. The minimum Gasteiger partial charge on any atom is -0.394 e. The summed E-state index contributed by atoms with van der Waals surface area (Å²) >= 11 is 3.39. The zero-order valence-corrected chi connectivity index (χ0v) is 12.9. The Balaban J connectivity index is 2.06. The third-order valence-corrected chi connectivity index (χ3v) is 4.19. The maximum atomic E-state index is 9.78. The van der Waals surface area contributed by atoms with E-state index < -0.39 is 0 Å². The van der Waals surface area contributed by atoms with Crippen molar-refractivity contribution in [2.75, 3.05) is 38.7 Å². The average molecular weight is 330 g/mol. The van der Waals surface area contributed by atoms with E-state index in [1.165, 1.54) is 0 Å². The molecular formula is C13H20BrN3O2. The van der Waals surface area contributed by atoms with E-state index in [0.29, 0.717) is 25.8 Å². The summed E-state index contributed by atoms with van der Waals surface area (Å²) in [5.41, 5.74) is 0.536. The largest absolute Gasteiger partial charge is 0.394 e. The number of pyridine rings is 1. The molecule has 1 aromatic heterocycles. The van der Waals surface area contributed by atoms with Crippen LogP contribution in [0.5, 0.6) is 0 Å². The van der Waals surface area contributed by atoms with Gasteiger partial charge in [-0.15, -0.1) is 0 Å². The molecule has 1 aromatic rings. The fourth-order valence-corrected chi connectivity index (χ4v) is 2.63. The van der Waals surface area contributed by atoms with E-state index in [1.54, 1.807) is 12.4 Å². The number of morpholine rings is 1. The monoisotopic (exact) mass is 329 g/mol. The summed E-state index contributed by atoms with van der Waals surface area (Å²) in [6.45, 7) is 4.00. The lowest BCUT2D eigenvalue weighted by Gasteiger charge is -2.47. The van der Waals surface area contributed by atoms with E-state index in [-0.39, 0.29) is 12.1 Å². The number of rotatable bonds is 4. The van der Waals surface area contributed by atoms with Crippen LogP contribution in [0.4, 0.5) is 5.69 Å². The molecule has 0 aromatic carbocycles. The van der Waals surface area contributed by atoms with Crippen LogP contribution in [-0.2, 0) is 4.74 Å². The molecule has 2 heterocycles. The van der Waals surface area contributed by atoms with Gasteiger partial charge in [-0.1, -0.05) is 0 Å². The van der Waals surface area contributed by atoms with Crippen LogP contribution in [0.1, 0.15) is 6.92 Å². The maximum absolute atomic E-state index is 9.78. The molecule has 0 unspecified atom stereocenters. The van der Waals surface area contributed by atoms with Crippen molar-refractivity contribution in [3.63, 3.8) is 0 Å². The number of ether oxygens (including phenoxy) is 1. The predicted molar refractivity (Wildman–Crippen MR) is 78.3 cm³/mol. The van der Waals surface area contributed by atoms with Gasteiger partial charge in [0.05, 0.1) is 37.2 Å². The highest BCUT2D eigenvalue weighted by Gasteiger charge is 2.40. The molecule has 0 spiro atoms. The van der Waals surface area contributed by atoms with E-state index in [9.17, 15) is 5.11 Å². The van der Waals surface area contributed by atoms with Gasteiger partial charge in [0.15, 0.2) is 0 Å². The molecule has 0 amide bonds. The van der Waals surface area contributed by atoms with Gasteiger partial charge in [-0.3, -0.25) is 9.88 Å². The third kappa shape index (κ3) is 3.25. The van der Waals surface area contributed by atoms with Crippen molar-refractivity contribution in [1.82, 2.24) is 9.88 Å². The number of anilines is 1. The fraction of sp³-hybridized carbons (Fsp3) is 0.615. The van der Waals surface area contributed by atoms with Crippen molar-refractivity contribution >= 4 is 21.6 Å². The van der Waals surface area contributed by atoms with Gasteiger partial charge in [0, 0.05) is 23.3 Å². The van der Waals surface area contributed by atoms with Gasteiger partial charge < -0.3 is 15.2 Å². The number of nitrogens with zero attached hydrogens (tertiary/aromatic N) is 2. The molecule has 2 N–H and O–H groups in total. The van der Waals surface area contributed by atoms with Gasteiger partial charge in [0.2, 0.25) is 0 Å². The van der Waals surface area contributed by atoms with Gasteiger partial charge in [0.25, 0.3) is 0 Å². The molecule has 1 aliphatic heterocycles. The second kappa shape index (κ2) is 6.17. The van der Waals surface area contributed by atoms with Crippen LogP contribution in [0.15, 0.2) is 22.9 Å². The molecule has 0 saturated carbocycles. The van der Waals surface area contributed by atoms with Crippen LogP contribution in [0.2, 0.25) is 0 Å². The van der Waals surface area contributed by atoms with Crippen LogP contribution in [0.25, 0.3) is 0 Å². The van der Waals surface area contributed by atoms with Crippen molar-refractivity contribution in [2.24, 2.45) is 0 Å². The highest BCUT2D eigenvalue weighted by atomic mass is 79.9. The van der Waals surface area contributed by atoms with E-state index in [4.69, 9.17) is 4.74 Å². The first-order valence-corrected chi connectivity index (χ1v) is 7.13. The Morgan fingerprint density at radius 2 is 2.42 bits per heavy atom. The molecule has 2 rings (SSSR count). The molecule has 1 saturated heterocycles. The smallest absolute Gasteiger partial charge is 0.0850 e. The summed E-state index contributed by atoms with van der Waals surface area (Å²) in [4.78, 5) is 6.30. The summed E-state index contributed by atoms with van der Waals surface area (Å²) < 4.78 is 6.53. The van der Waals surface area contributed by atoms with Crippen LogP contribution in [0.3, 0.4) is 0 Å². The van der Waals surface area contributed by atoms with Gasteiger partial charge in [-0.25, -0.2) is 0 Å². The Bertz CT molecular complexity index is 432. The molecule has 5 nitrogen and oxygen atoms in total. The molecular weight excluding hydrogens is 310 g/mol. The van der Waals surface area contributed by atoms with Crippen molar-refractivity contribution in [2.45, 2.75) is 18.5 Å². The fourth-order valence-electron chi connectivity index (χ4n) is 2.26. The second-order valence-corrected chi connectivity index (χ2v) is 6.02. The average Bonchev–Trinajstić information content (AvgIpc) is 2.41. The number of likely N-dealkylation sites (N-methyl/N-ethyl adjacent to an activating group) is 1. The lowest BCUT2D eigenvalue weighted by molar-refractivity contribution is -0.101. The van der Waals surface area contributed by atoms with Gasteiger partial charge in [-0.05, 0) is 36.0 Å². The third-order valence-electron chi connectivity index (χ3n) is 3.76. The first kappa shape index (κ1) is 14.7. The Morgan fingerprint density at radius 3 is 3.11 bits per heavy atom. The topological polar surface area (TPSA) is 57.6 Å². The summed E-state index contributed by atoms with van der Waals surface area (Å²) in [6, 6.07) is 2.26. The SMILES string of the molecule is C[C@@H]1COC[C@@](CO)(CNc2cncc(Br)c2)N1C. The molecule has 0 radical (unpaired) electrons. The molecule has 0 bridgehead atoms. The van der Waals surface area contributed by atoms with E-state index in [0.717, 1.165) is 10.2 Å². The van der Waals surface area contributed by atoms with E-state index >= 15 is 0 Å². The van der Waals surface area contributed by atoms with Crippen LogP contribution >= 0.6 is 15.9 Å². The highest BCUT2D eigenvalue weighted by molar-refractivity contribution is 9.10. The summed E-state index contributed by atoms with van der Waals surface area (Å²) in [5, 5.41) is 13.1. The quantitative estimate of drug-likeness (QED) is 0.873. The lowest BCUT2D eigenvalue weighted by Crippen LogP contribution is -2.64. The zero-order valence-electron chi connectivity index (χ0n) is 11.3. The molecule has 2 atom stereocenters. The molecule has 0 aliphatic carbocycles. The standard InChI is InChI=1S/C13H20BrN3O2/c1-10-6-19-9-13(8-18,17(10)2)7-16-12-3-11(14)4-15-5-12/h3-5,10,16,18H,6-9H2,1-2H3/t10-,13+/m1/s1. The van der Waals surface area contributed by atoms with E-state index in [1.807, 2.05) is 13.1 Å². The number of aliphatic hydroxyl groups excluding tert-OH is 1. The molecule has 1 aliphatic rings. The van der Waals surface area contributed by atoms with Crippen molar-refractivity contribution < 1.29 is 9.84 Å². The number of halogens is 1. The Morgan fingerprint density at radius 1 is 1.63 bits per heavy atom. The first-order chi connectivity index (χ1) is 9.07. The van der Waals surface area contributed by atoms with Crippen LogP contribution < -0.4 is 5.32 Å². The van der Waals surface area contributed by atoms with Gasteiger partial charge >= 0.3 is 0 Å². The van der Waals surface area contributed by atoms with Crippen molar-refractivity contribution in [3.8, 4) is 0 Å². The zero-order chi connectivity index (χ0) is 13.9. The minimum atomic E-state index is -0.389. The van der Waals surface area contributed by atoms with Crippen molar-refractivity contribution in [1.29, 1.82) is 0 Å². The molecule has 106 valence electrons. The molecule has 1 fully saturated rings. The molecule has 19 heavy (non-hydrogen) atoms. The van der Waals surface area contributed by atoms with Crippen LogP contribution in [-0.4, -0.2) is 60.0 Å². The Hall–Kier alpha value is -0.690. The highest BCUT2D eigenvalue weighted by Crippen LogP contribution is 2.23. The number of nitrogens with one attached hydrogen (secondary N) is 1. The van der Waals surface area contributed by atoms with Gasteiger partial charge in [-0.2, -0.15) is 0 Å². The number of aliphatic hydroxyl groups is 1. The summed E-state index contributed by atoms with van der Waals surface area (Å²) in [5.74, 6) is 0. The normalized spacial score (nSPS) is 28.3. The Labute approximate surface area is 122 Å². The first-order valence-electron chi connectivity index (χ1n) is 6.33. The molecule has 6 heteroatoms. The predicted octanol–water partition coefficient (Wildman–Crippen LogP) is 1.34. The Kier molecular flexibility index (Phi) is 4.78. The lowest BCUT2D eigenvalue weighted by atomic mass is 9.96. The van der Waals surface area contributed by atoms with Gasteiger partial charge in [0.1, 0.15) is 0 Å². The number of aromatic nitrogens is 1. The second-order valence-electron chi connectivity index (χ2n) is 5.10. The van der Waals surface area contributed by atoms with Crippen molar-refractivity contribution in [3.05, 3.63) is 22.9 Å².